The van der Waals surface area contributed by atoms with Crippen LogP contribution in [0.5, 0.6) is 0 Å². The summed E-state index contributed by atoms with van der Waals surface area (Å²) in [6.45, 7) is 6.74. The number of likely N-dealkylation sites (tertiary alicyclic amines) is 1. The van der Waals surface area contributed by atoms with Crippen molar-refractivity contribution in [2.24, 2.45) is 5.92 Å². The number of rotatable bonds is 4. The van der Waals surface area contributed by atoms with Gasteiger partial charge < -0.3 is 16.0 Å². The van der Waals surface area contributed by atoms with Gasteiger partial charge in [-0.15, -0.1) is 0 Å². The van der Waals surface area contributed by atoms with E-state index in [1.165, 1.54) is 32.3 Å². The molecule has 18 heavy (non-hydrogen) atoms. The number of halogens is 1. The lowest BCUT2D eigenvalue weighted by atomic mass is 9.97. The standard InChI is InChI=1S/C12H20BrN5/c1-2-18-5-3-9(4-6-18)7-15-12-10(13)11(14)16-8-17-12/h8-9H,2-7H2,1H3,(H3,14,15,16,17). The van der Waals surface area contributed by atoms with Crippen LogP contribution in [-0.2, 0) is 0 Å². The molecule has 0 amide bonds. The lowest BCUT2D eigenvalue weighted by Gasteiger charge is -2.31. The van der Waals surface area contributed by atoms with Gasteiger partial charge in [0, 0.05) is 6.54 Å². The third-order valence-electron chi connectivity index (χ3n) is 3.53. The molecule has 0 atom stereocenters. The Labute approximate surface area is 116 Å². The smallest absolute Gasteiger partial charge is 0.145 e. The normalized spacial score (nSPS) is 17.9. The first kappa shape index (κ1) is 13.5. The molecule has 0 aliphatic carbocycles. The van der Waals surface area contributed by atoms with Crippen LogP contribution in [0.4, 0.5) is 11.6 Å². The molecule has 0 unspecified atom stereocenters. The van der Waals surface area contributed by atoms with E-state index in [0.717, 1.165) is 29.3 Å². The summed E-state index contributed by atoms with van der Waals surface area (Å²) in [5.41, 5.74) is 5.72. The molecule has 1 aromatic rings. The van der Waals surface area contributed by atoms with Crippen LogP contribution >= 0.6 is 15.9 Å². The molecule has 2 heterocycles. The van der Waals surface area contributed by atoms with Crippen molar-refractivity contribution in [2.75, 3.05) is 37.2 Å². The molecule has 100 valence electrons. The minimum Gasteiger partial charge on any atom is -0.383 e. The van der Waals surface area contributed by atoms with Crippen molar-refractivity contribution in [2.45, 2.75) is 19.8 Å². The van der Waals surface area contributed by atoms with Crippen LogP contribution in [0.15, 0.2) is 10.8 Å². The molecule has 0 aromatic carbocycles. The molecule has 1 aliphatic rings. The highest BCUT2D eigenvalue weighted by atomic mass is 79.9. The summed E-state index contributed by atoms with van der Waals surface area (Å²) in [5, 5.41) is 3.36. The SMILES string of the molecule is CCN1CCC(CNc2ncnc(N)c2Br)CC1. The zero-order valence-electron chi connectivity index (χ0n) is 10.7. The number of nitrogens with two attached hydrogens (primary N) is 1. The Morgan fingerprint density at radius 1 is 1.44 bits per heavy atom. The first-order valence-corrected chi connectivity index (χ1v) is 7.22. The summed E-state index contributed by atoms with van der Waals surface area (Å²) in [6.07, 6.45) is 3.99. The van der Waals surface area contributed by atoms with Gasteiger partial charge in [0.05, 0.1) is 0 Å². The van der Waals surface area contributed by atoms with Crippen molar-refractivity contribution in [1.82, 2.24) is 14.9 Å². The summed E-state index contributed by atoms with van der Waals surface area (Å²) in [6, 6.07) is 0. The van der Waals surface area contributed by atoms with Crippen molar-refractivity contribution < 1.29 is 0 Å². The Morgan fingerprint density at radius 2 is 2.17 bits per heavy atom. The van der Waals surface area contributed by atoms with Gasteiger partial charge in [0.15, 0.2) is 0 Å². The lowest BCUT2D eigenvalue weighted by Crippen LogP contribution is -2.35. The second kappa shape index (κ2) is 6.33. The predicted molar refractivity (Wildman–Crippen MR) is 77.5 cm³/mol. The zero-order valence-corrected chi connectivity index (χ0v) is 12.3. The molecule has 3 N–H and O–H groups in total. The molecule has 0 bridgehead atoms. The van der Waals surface area contributed by atoms with Crippen LogP contribution in [0.1, 0.15) is 19.8 Å². The Morgan fingerprint density at radius 3 is 2.83 bits per heavy atom. The van der Waals surface area contributed by atoms with Crippen LogP contribution in [0.25, 0.3) is 0 Å². The number of hydrogen-bond acceptors (Lipinski definition) is 5. The molecule has 2 rings (SSSR count). The van der Waals surface area contributed by atoms with E-state index in [2.05, 4.69) is 43.0 Å². The fourth-order valence-corrected chi connectivity index (χ4v) is 2.60. The van der Waals surface area contributed by atoms with E-state index >= 15 is 0 Å². The average Bonchev–Trinajstić information content (AvgIpc) is 2.41. The molecule has 0 radical (unpaired) electrons. The summed E-state index contributed by atoms with van der Waals surface area (Å²) in [4.78, 5) is 10.6. The highest BCUT2D eigenvalue weighted by Gasteiger charge is 2.18. The van der Waals surface area contributed by atoms with Crippen molar-refractivity contribution in [3.05, 3.63) is 10.8 Å². The second-order valence-electron chi connectivity index (χ2n) is 4.68. The second-order valence-corrected chi connectivity index (χ2v) is 5.47. The fraction of sp³-hybridized carbons (Fsp3) is 0.667. The van der Waals surface area contributed by atoms with E-state index in [-0.39, 0.29) is 0 Å². The van der Waals surface area contributed by atoms with E-state index in [0.29, 0.717) is 5.82 Å². The highest BCUT2D eigenvalue weighted by molar-refractivity contribution is 9.10. The van der Waals surface area contributed by atoms with Gasteiger partial charge in [-0.05, 0) is 54.3 Å². The molecule has 1 aromatic heterocycles. The summed E-state index contributed by atoms with van der Waals surface area (Å²) in [5.74, 6) is 1.99. The molecule has 6 heteroatoms. The summed E-state index contributed by atoms with van der Waals surface area (Å²) >= 11 is 3.41. The van der Waals surface area contributed by atoms with E-state index in [1.54, 1.807) is 0 Å². The van der Waals surface area contributed by atoms with Gasteiger partial charge in [-0.25, -0.2) is 9.97 Å². The van der Waals surface area contributed by atoms with Crippen LogP contribution in [-0.4, -0.2) is 41.0 Å². The fourth-order valence-electron chi connectivity index (χ4n) is 2.25. The Balaban J connectivity index is 1.83. The van der Waals surface area contributed by atoms with Crippen molar-refractivity contribution in [1.29, 1.82) is 0 Å². The van der Waals surface area contributed by atoms with Crippen LogP contribution in [0, 0.1) is 5.92 Å². The van der Waals surface area contributed by atoms with E-state index in [4.69, 9.17) is 5.73 Å². The molecule has 1 saturated heterocycles. The van der Waals surface area contributed by atoms with Crippen molar-refractivity contribution >= 4 is 27.6 Å². The largest absolute Gasteiger partial charge is 0.383 e. The first-order chi connectivity index (χ1) is 8.70. The van der Waals surface area contributed by atoms with Crippen LogP contribution in [0.3, 0.4) is 0 Å². The van der Waals surface area contributed by atoms with Gasteiger partial charge in [0.1, 0.15) is 22.4 Å². The number of nitrogens with zero attached hydrogens (tertiary/aromatic N) is 3. The summed E-state index contributed by atoms with van der Waals surface area (Å²) in [7, 11) is 0. The Hall–Kier alpha value is -0.880. The van der Waals surface area contributed by atoms with Gasteiger partial charge in [-0.3, -0.25) is 0 Å². The maximum atomic E-state index is 5.72. The first-order valence-electron chi connectivity index (χ1n) is 6.43. The third-order valence-corrected chi connectivity index (χ3v) is 4.31. The number of nitrogen functional groups attached to an aromatic ring is 1. The quantitative estimate of drug-likeness (QED) is 0.889. The minimum absolute atomic E-state index is 0.480. The van der Waals surface area contributed by atoms with Crippen molar-refractivity contribution in [3.63, 3.8) is 0 Å². The molecule has 1 aliphatic heterocycles. The molecule has 0 spiro atoms. The monoisotopic (exact) mass is 313 g/mol. The number of aromatic nitrogens is 2. The molecular weight excluding hydrogens is 294 g/mol. The molecule has 0 saturated carbocycles. The van der Waals surface area contributed by atoms with Gasteiger partial charge in [-0.1, -0.05) is 6.92 Å². The Kier molecular flexibility index (Phi) is 4.77. The van der Waals surface area contributed by atoms with Crippen molar-refractivity contribution in [3.8, 4) is 0 Å². The average molecular weight is 314 g/mol. The van der Waals surface area contributed by atoms with E-state index < -0.39 is 0 Å². The minimum atomic E-state index is 0.480. The predicted octanol–water partition coefficient (Wildman–Crippen LogP) is 1.97. The van der Waals surface area contributed by atoms with Gasteiger partial charge in [-0.2, -0.15) is 0 Å². The number of hydrogen-bond donors (Lipinski definition) is 2. The van der Waals surface area contributed by atoms with E-state index in [1.807, 2.05) is 0 Å². The topological polar surface area (TPSA) is 67.1 Å². The molecule has 1 fully saturated rings. The lowest BCUT2D eigenvalue weighted by molar-refractivity contribution is 0.198. The number of anilines is 2. The number of piperidine rings is 1. The number of nitrogens with one attached hydrogen (secondary N) is 1. The zero-order chi connectivity index (χ0) is 13.0. The van der Waals surface area contributed by atoms with Crippen LogP contribution < -0.4 is 11.1 Å². The molecule has 5 nitrogen and oxygen atoms in total. The van der Waals surface area contributed by atoms with E-state index in [9.17, 15) is 0 Å². The van der Waals surface area contributed by atoms with Gasteiger partial charge >= 0.3 is 0 Å². The summed E-state index contributed by atoms with van der Waals surface area (Å²) < 4.78 is 0.760. The van der Waals surface area contributed by atoms with Gasteiger partial charge in [0.25, 0.3) is 0 Å². The maximum Gasteiger partial charge on any atom is 0.145 e. The Bertz CT molecular complexity index is 390. The highest BCUT2D eigenvalue weighted by Crippen LogP contribution is 2.25. The van der Waals surface area contributed by atoms with Crippen LogP contribution in [0.2, 0.25) is 0 Å². The van der Waals surface area contributed by atoms with Gasteiger partial charge in [0.2, 0.25) is 0 Å². The molecular formula is C12H20BrN5. The maximum absolute atomic E-state index is 5.72. The third kappa shape index (κ3) is 3.32.